The Balaban J connectivity index is 1.48. The number of fused-ring (bicyclic) bond motifs is 1. The molecule has 5 rings (SSSR count). The van der Waals surface area contributed by atoms with Crippen molar-refractivity contribution in [2.75, 3.05) is 19.7 Å². The Bertz CT molecular complexity index is 1490. The predicted molar refractivity (Wildman–Crippen MR) is 140 cm³/mol. The molecule has 2 aromatic carbocycles. The van der Waals surface area contributed by atoms with E-state index in [-0.39, 0.29) is 35.4 Å². The molecular weight excluding hydrogens is 546 g/mol. The van der Waals surface area contributed by atoms with Gasteiger partial charge in [-0.2, -0.15) is 0 Å². The average molecular weight is 572 g/mol. The minimum absolute atomic E-state index is 0.0140. The van der Waals surface area contributed by atoms with E-state index in [0.29, 0.717) is 21.5 Å². The summed E-state index contributed by atoms with van der Waals surface area (Å²) in [5.41, 5.74) is 0.509. The molecule has 3 aromatic rings. The summed E-state index contributed by atoms with van der Waals surface area (Å²) in [7, 11) is -4.26. The average Bonchev–Trinajstić information content (AvgIpc) is 3.68. The molecule has 3 heterocycles. The van der Waals surface area contributed by atoms with Crippen molar-refractivity contribution in [3.8, 4) is 0 Å². The molecule has 1 aromatic heterocycles. The molecule has 0 unspecified atom stereocenters. The van der Waals surface area contributed by atoms with E-state index in [1.165, 1.54) is 29.4 Å². The molecule has 0 spiro atoms. The van der Waals surface area contributed by atoms with Crippen molar-refractivity contribution in [2.45, 2.75) is 36.4 Å². The molecule has 0 radical (unpaired) electrons. The van der Waals surface area contributed by atoms with Crippen LogP contribution < -0.4 is 5.32 Å². The number of halogens is 1. The van der Waals surface area contributed by atoms with E-state index in [1.54, 1.807) is 42.5 Å². The monoisotopic (exact) mass is 571 g/mol. The van der Waals surface area contributed by atoms with Gasteiger partial charge in [0.25, 0.3) is 21.8 Å². The fourth-order valence-corrected chi connectivity index (χ4v) is 6.44. The van der Waals surface area contributed by atoms with Crippen molar-refractivity contribution in [3.05, 3.63) is 88.8 Å². The van der Waals surface area contributed by atoms with Gasteiger partial charge in [-0.05, 0) is 48.7 Å². The lowest BCUT2D eigenvalue weighted by Crippen LogP contribution is -2.48. The Morgan fingerprint density at radius 1 is 1.10 bits per heavy atom. The van der Waals surface area contributed by atoms with Gasteiger partial charge in [0, 0.05) is 24.7 Å². The highest BCUT2D eigenvalue weighted by atomic mass is 35.5. The zero-order valence-corrected chi connectivity index (χ0v) is 22.4. The number of nitrogens with one attached hydrogen (secondary N) is 1. The van der Waals surface area contributed by atoms with Gasteiger partial charge in [-0.25, -0.2) is 12.7 Å². The second-order valence-electron chi connectivity index (χ2n) is 9.22. The summed E-state index contributed by atoms with van der Waals surface area (Å²) in [6, 6.07) is 14.4. The Labute approximate surface area is 230 Å². The third kappa shape index (κ3) is 5.42. The molecule has 12 heteroatoms. The van der Waals surface area contributed by atoms with Gasteiger partial charge < -0.3 is 19.4 Å². The lowest BCUT2D eigenvalue weighted by atomic mass is 10.1. The zero-order valence-electron chi connectivity index (χ0n) is 20.8. The van der Waals surface area contributed by atoms with Crippen LogP contribution in [0, 0.1) is 0 Å². The second-order valence-corrected chi connectivity index (χ2v) is 11.5. The molecule has 1 fully saturated rings. The van der Waals surface area contributed by atoms with Gasteiger partial charge in [0.05, 0.1) is 17.9 Å². The zero-order chi connectivity index (χ0) is 27.6. The minimum Gasteiger partial charge on any atom is -0.467 e. The highest BCUT2D eigenvalue weighted by Crippen LogP contribution is 2.32. The lowest BCUT2D eigenvalue weighted by Gasteiger charge is -2.31. The molecule has 1 N–H and O–H groups in total. The molecule has 0 aliphatic carbocycles. The third-order valence-corrected chi connectivity index (χ3v) is 8.87. The highest BCUT2D eigenvalue weighted by Gasteiger charge is 2.44. The van der Waals surface area contributed by atoms with Crippen molar-refractivity contribution >= 4 is 39.3 Å². The minimum atomic E-state index is -4.26. The second kappa shape index (κ2) is 11.2. The molecule has 3 amide bonds. The van der Waals surface area contributed by atoms with E-state index >= 15 is 0 Å². The number of hydrogen-bond acceptors (Lipinski definition) is 7. The number of nitrogens with zero attached hydrogens (tertiary/aromatic N) is 2. The number of benzene rings is 2. The number of hydrogen-bond donors (Lipinski definition) is 1. The number of carbonyl (C=O) groups excluding carboxylic acids is 3. The van der Waals surface area contributed by atoms with E-state index in [4.69, 9.17) is 20.8 Å². The van der Waals surface area contributed by atoms with Crippen molar-refractivity contribution in [1.29, 1.82) is 0 Å². The molecule has 2 aliphatic rings. The standard InChI is InChI=1S/C27H26ClN3O7S/c28-21-10-3-1-7-18(21)16-30(24(32)17-31-27(34)20-9-2-4-12-23(20)39(31,35)36)25(22-11-6-14-38-22)26(33)29-15-19-8-5-13-37-19/h1-4,6-7,9-12,14,19,25H,5,8,13,15-17H2,(H,29,33)/t19-,25-/m0/s1. The van der Waals surface area contributed by atoms with Crippen LogP contribution in [-0.4, -0.2) is 61.1 Å². The summed E-state index contributed by atoms with van der Waals surface area (Å²) in [6.07, 6.45) is 2.91. The van der Waals surface area contributed by atoms with Crippen LogP contribution in [0.5, 0.6) is 0 Å². The molecule has 10 nitrogen and oxygen atoms in total. The van der Waals surface area contributed by atoms with Gasteiger partial charge in [0.2, 0.25) is 5.91 Å². The molecular formula is C27H26ClN3O7S. The van der Waals surface area contributed by atoms with Crippen molar-refractivity contribution < 1.29 is 32.0 Å². The first-order valence-corrected chi connectivity index (χ1v) is 14.2. The van der Waals surface area contributed by atoms with Crippen molar-refractivity contribution in [2.24, 2.45) is 0 Å². The number of ether oxygens (including phenoxy) is 1. The van der Waals surface area contributed by atoms with Crippen molar-refractivity contribution in [3.63, 3.8) is 0 Å². The number of carbonyl (C=O) groups is 3. The fourth-order valence-electron chi connectivity index (χ4n) is 4.72. The quantitative estimate of drug-likeness (QED) is 0.418. The van der Waals surface area contributed by atoms with E-state index in [0.717, 1.165) is 12.8 Å². The molecule has 1 saturated heterocycles. The van der Waals surface area contributed by atoms with Gasteiger partial charge in [0.1, 0.15) is 17.2 Å². The predicted octanol–water partition coefficient (Wildman–Crippen LogP) is 3.14. The number of sulfonamides is 1. The molecule has 0 bridgehead atoms. The summed E-state index contributed by atoms with van der Waals surface area (Å²) < 4.78 is 38.0. The number of amides is 3. The topological polar surface area (TPSA) is 126 Å². The first-order chi connectivity index (χ1) is 18.8. The van der Waals surface area contributed by atoms with E-state index < -0.39 is 40.3 Å². The first-order valence-electron chi connectivity index (χ1n) is 12.4. The summed E-state index contributed by atoms with van der Waals surface area (Å²) in [4.78, 5) is 41.5. The van der Waals surface area contributed by atoms with Gasteiger partial charge in [0.15, 0.2) is 6.04 Å². The van der Waals surface area contributed by atoms with Crippen LogP contribution in [0.15, 0.2) is 76.2 Å². The SMILES string of the molecule is O=C(NC[C@@H]1CCCO1)[C@H](c1ccco1)N(Cc1ccccc1Cl)C(=O)CN1C(=O)c2ccccc2S1(=O)=O. The normalized spacial score (nSPS) is 18.5. The van der Waals surface area contributed by atoms with Gasteiger partial charge in [-0.1, -0.05) is 41.9 Å². The maximum Gasteiger partial charge on any atom is 0.269 e. The molecule has 204 valence electrons. The van der Waals surface area contributed by atoms with Crippen LogP contribution in [0.2, 0.25) is 5.02 Å². The van der Waals surface area contributed by atoms with Crippen LogP contribution in [0.25, 0.3) is 0 Å². The number of rotatable bonds is 9. The molecule has 2 atom stereocenters. The maximum absolute atomic E-state index is 13.9. The first kappa shape index (κ1) is 26.9. The Hall–Kier alpha value is -3.67. The summed E-state index contributed by atoms with van der Waals surface area (Å²) in [5, 5.41) is 3.18. The third-order valence-electron chi connectivity index (χ3n) is 6.71. The van der Waals surface area contributed by atoms with E-state index in [1.807, 2.05) is 0 Å². The number of furan rings is 1. The van der Waals surface area contributed by atoms with Crippen LogP contribution in [-0.2, 0) is 30.9 Å². The van der Waals surface area contributed by atoms with E-state index in [9.17, 15) is 22.8 Å². The van der Waals surface area contributed by atoms with Crippen LogP contribution >= 0.6 is 11.6 Å². The lowest BCUT2D eigenvalue weighted by molar-refractivity contribution is -0.142. The van der Waals surface area contributed by atoms with Gasteiger partial charge in [-0.3, -0.25) is 14.4 Å². The molecule has 0 saturated carbocycles. The van der Waals surface area contributed by atoms with Crippen LogP contribution in [0.1, 0.15) is 40.6 Å². The van der Waals surface area contributed by atoms with Gasteiger partial charge in [-0.15, -0.1) is 0 Å². The Kier molecular flexibility index (Phi) is 7.74. The van der Waals surface area contributed by atoms with Crippen LogP contribution in [0.3, 0.4) is 0 Å². The summed E-state index contributed by atoms with van der Waals surface area (Å²) in [5.74, 6) is -1.97. The van der Waals surface area contributed by atoms with E-state index in [2.05, 4.69) is 5.32 Å². The summed E-state index contributed by atoms with van der Waals surface area (Å²) >= 11 is 6.39. The fraction of sp³-hybridized carbons (Fsp3) is 0.296. The smallest absolute Gasteiger partial charge is 0.269 e. The Morgan fingerprint density at radius 2 is 1.87 bits per heavy atom. The van der Waals surface area contributed by atoms with Gasteiger partial charge >= 0.3 is 0 Å². The Morgan fingerprint density at radius 3 is 2.56 bits per heavy atom. The summed E-state index contributed by atoms with van der Waals surface area (Å²) in [6.45, 7) is -0.110. The van der Waals surface area contributed by atoms with Crippen LogP contribution in [0.4, 0.5) is 0 Å². The largest absolute Gasteiger partial charge is 0.467 e. The molecule has 2 aliphatic heterocycles. The highest BCUT2D eigenvalue weighted by molar-refractivity contribution is 7.90. The molecule has 39 heavy (non-hydrogen) atoms. The maximum atomic E-state index is 13.9. The van der Waals surface area contributed by atoms with Crippen molar-refractivity contribution in [1.82, 2.24) is 14.5 Å².